The molecule has 5 heteroatoms. The standard InChI is InChI=1S/C16H19F2N3/c1-11-4-7-15(20-3)16(8-11)21(10-19-2)12-5-6-13(17)14(18)9-12/h4,6-9,12,19H,3,5,10H2,1-2H3. The smallest absolute Gasteiger partial charge is 0.156 e. The summed E-state index contributed by atoms with van der Waals surface area (Å²) in [5.74, 6) is -1.60. The fourth-order valence-electron chi connectivity index (χ4n) is 2.40. The van der Waals surface area contributed by atoms with E-state index >= 15 is 0 Å². The molecule has 0 heterocycles. The van der Waals surface area contributed by atoms with Gasteiger partial charge in [0.1, 0.15) is 0 Å². The van der Waals surface area contributed by atoms with Gasteiger partial charge in [-0.3, -0.25) is 4.99 Å². The van der Waals surface area contributed by atoms with Gasteiger partial charge in [-0.2, -0.15) is 0 Å². The molecule has 21 heavy (non-hydrogen) atoms. The highest BCUT2D eigenvalue weighted by Crippen LogP contribution is 2.33. The van der Waals surface area contributed by atoms with Crippen molar-refractivity contribution in [2.24, 2.45) is 4.99 Å². The molecule has 0 radical (unpaired) electrons. The van der Waals surface area contributed by atoms with Crippen LogP contribution in [0.1, 0.15) is 12.0 Å². The minimum atomic E-state index is -0.812. The first-order valence-corrected chi connectivity index (χ1v) is 6.78. The largest absolute Gasteiger partial charge is 0.350 e. The fraction of sp³-hybridized carbons (Fsp3) is 0.312. The summed E-state index contributed by atoms with van der Waals surface area (Å²) in [5.41, 5.74) is 2.64. The van der Waals surface area contributed by atoms with E-state index in [9.17, 15) is 8.78 Å². The van der Waals surface area contributed by atoms with Crippen LogP contribution in [0.5, 0.6) is 0 Å². The Labute approximate surface area is 123 Å². The molecule has 0 amide bonds. The summed E-state index contributed by atoms with van der Waals surface area (Å²) >= 11 is 0. The van der Waals surface area contributed by atoms with Gasteiger partial charge in [0, 0.05) is 0 Å². The number of aliphatic imine (C=N–C) groups is 1. The molecular weight excluding hydrogens is 272 g/mol. The van der Waals surface area contributed by atoms with Crippen molar-refractivity contribution < 1.29 is 8.78 Å². The molecule has 0 bridgehead atoms. The van der Waals surface area contributed by atoms with Crippen LogP contribution < -0.4 is 10.2 Å². The van der Waals surface area contributed by atoms with Crippen LogP contribution in [0.2, 0.25) is 0 Å². The Bertz CT molecular complexity index is 593. The third-order valence-electron chi connectivity index (χ3n) is 3.44. The Morgan fingerprint density at radius 1 is 1.38 bits per heavy atom. The monoisotopic (exact) mass is 291 g/mol. The average molecular weight is 291 g/mol. The van der Waals surface area contributed by atoms with Crippen molar-refractivity contribution in [1.29, 1.82) is 0 Å². The predicted octanol–water partition coefficient (Wildman–Crippen LogP) is 3.79. The molecule has 112 valence electrons. The average Bonchev–Trinajstić information content (AvgIpc) is 2.48. The van der Waals surface area contributed by atoms with Gasteiger partial charge in [0.15, 0.2) is 11.7 Å². The number of hydrogen-bond donors (Lipinski definition) is 1. The quantitative estimate of drug-likeness (QED) is 0.660. The molecule has 0 spiro atoms. The molecule has 0 fully saturated rings. The van der Waals surface area contributed by atoms with Crippen LogP contribution in [-0.4, -0.2) is 26.5 Å². The maximum absolute atomic E-state index is 13.5. The summed E-state index contributed by atoms with van der Waals surface area (Å²) in [6.07, 6.45) is 2.99. The number of nitrogens with zero attached hydrogens (tertiary/aromatic N) is 2. The number of rotatable bonds is 5. The molecule has 2 rings (SSSR count). The number of nitrogens with one attached hydrogen (secondary N) is 1. The van der Waals surface area contributed by atoms with Crippen molar-refractivity contribution in [2.75, 3.05) is 18.6 Å². The van der Waals surface area contributed by atoms with Crippen LogP contribution in [0.4, 0.5) is 20.2 Å². The summed E-state index contributed by atoms with van der Waals surface area (Å²) in [4.78, 5) is 5.98. The van der Waals surface area contributed by atoms with Crippen molar-refractivity contribution in [3.63, 3.8) is 0 Å². The zero-order valence-corrected chi connectivity index (χ0v) is 12.2. The number of halogens is 2. The molecule has 1 atom stereocenters. The highest BCUT2D eigenvalue weighted by Gasteiger charge is 2.23. The molecule has 1 aromatic rings. The first kappa shape index (κ1) is 15.4. The SMILES string of the molecule is C=Nc1ccc(C)cc1N(CNC)C1C=C(F)C(F)=CC1. The molecule has 0 saturated carbocycles. The number of anilines is 1. The van der Waals surface area contributed by atoms with E-state index < -0.39 is 11.7 Å². The summed E-state index contributed by atoms with van der Waals surface area (Å²) in [6, 6.07) is 5.53. The maximum atomic E-state index is 13.5. The molecule has 1 N–H and O–H groups in total. The van der Waals surface area contributed by atoms with Crippen LogP contribution >= 0.6 is 0 Å². The van der Waals surface area contributed by atoms with E-state index in [1.165, 1.54) is 12.2 Å². The van der Waals surface area contributed by atoms with Crippen LogP contribution in [0.3, 0.4) is 0 Å². The van der Waals surface area contributed by atoms with Crippen molar-refractivity contribution >= 4 is 18.1 Å². The third kappa shape index (κ3) is 3.36. The number of benzene rings is 1. The van der Waals surface area contributed by atoms with Crippen molar-refractivity contribution in [1.82, 2.24) is 5.32 Å². The molecule has 1 aliphatic carbocycles. The van der Waals surface area contributed by atoms with Gasteiger partial charge in [0.25, 0.3) is 0 Å². The second kappa shape index (κ2) is 6.63. The topological polar surface area (TPSA) is 27.6 Å². The van der Waals surface area contributed by atoms with Crippen LogP contribution in [0, 0.1) is 6.92 Å². The first-order chi connectivity index (χ1) is 10.1. The Balaban J connectivity index is 2.40. The van der Waals surface area contributed by atoms with Gasteiger partial charge in [0.05, 0.1) is 24.1 Å². The molecule has 0 aliphatic heterocycles. The Morgan fingerprint density at radius 2 is 2.14 bits per heavy atom. The van der Waals surface area contributed by atoms with E-state index in [4.69, 9.17) is 0 Å². The van der Waals surface area contributed by atoms with Gasteiger partial charge < -0.3 is 10.2 Å². The summed E-state index contributed by atoms with van der Waals surface area (Å²) < 4.78 is 26.7. The maximum Gasteiger partial charge on any atom is 0.156 e. The fourth-order valence-corrected chi connectivity index (χ4v) is 2.40. The van der Waals surface area contributed by atoms with Gasteiger partial charge in [-0.15, -0.1) is 0 Å². The van der Waals surface area contributed by atoms with Gasteiger partial charge in [0.2, 0.25) is 0 Å². The molecule has 1 aromatic carbocycles. The second-order valence-corrected chi connectivity index (χ2v) is 5.00. The Kier molecular flexibility index (Phi) is 4.85. The molecule has 1 aliphatic rings. The molecule has 0 aromatic heterocycles. The lowest BCUT2D eigenvalue weighted by Crippen LogP contribution is -2.40. The highest BCUT2D eigenvalue weighted by atomic mass is 19.2. The zero-order chi connectivity index (χ0) is 15.4. The minimum absolute atomic E-state index is 0.265. The van der Waals surface area contributed by atoms with E-state index in [1.807, 2.05) is 37.1 Å². The van der Waals surface area contributed by atoms with E-state index in [-0.39, 0.29) is 6.04 Å². The number of hydrogen-bond acceptors (Lipinski definition) is 3. The van der Waals surface area contributed by atoms with Crippen LogP contribution in [0.25, 0.3) is 0 Å². The van der Waals surface area contributed by atoms with Gasteiger partial charge >= 0.3 is 0 Å². The van der Waals surface area contributed by atoms with Crippen molar-refractivity contribution in [3.05, 3.63) is 47.6 Å². The zero-order valence-electron chi connectivity index (χ0n) is 12.2. The van der Waals surface area contributed by atoms with Crippen molar-refractivity contribution in [3.8, 4) is 0 Å². The van der Waals surface area contributed by atoms with Crippen LogP contribution in [-0.2, 0) is 0 Å². The molecule has 1 unspecified atom stereocenters. The lowest BCUT2D eigenvalue weighted by Gasteiger charge is -2.33. The van der Waals surface area contributed by atoms with E-state index in [2.05, 4.69) is 17.0 Å². The Morgan fingerprint density at radius 3 is 2.76 bits per heavy atom. The lowest BCUT2D eigenvalue weighted by molar-refractivity contribution is 0.512. The number of allylic oxidation sites excluding steroid dienone is 2. The number of aryl methyl sites for hydroxylation is 1. The van der Waals surface area contributed by atoms with Gasteiger partial charge in [-0.25, -0.2) is 8.78 Å². The van der Waals surface area contributed by atoms with Gasteiger partial charge in [-0.05, 0) is 57.0 Å². The summed E-state index contributed by atoms with van der Waals surface area (Å²) in [5, 5.41) is 3.06. The van der Waals surface area contributed by atoms with Crippen LogP contribution in [0.15, 0.2) is 47.0 Å². The highest BCUT2D eigenvalue weighted by molar-refractivity contribution is 5.71. The summed E-state index contributed by atoms with van der Waals surface area (Å²) in [6.45, 7) is 6.05. The second-order valence-electron chi connectivity index (χ2n) is 5.00. The molecular formula is C16H19F2N3. The minimum Gasteiger partial charge on any atom is -0.350 e. The normalized spacial score (nSPS) is 18.0. The Hall–Kier alpha value is -2.01. The summed E-state index contributed by atoms with van der Waals surface area (Å²) in [7, 11) is 1.81. The molecule has 0 saturated heterocycles. The third-order valence-corrected chi connectivity index (χ3v) is 3.44. The first-order valence-electron chi connectivity index (χ1n) is 6.78. The molecule has 3 nitrogen and oxygen atoms in total. The lowest BCUT2D eigenvalue weighted by atomic mass is 10.0. The van der Waals surface area contributed by atoms with E-state index in [0.717, 1.165) is 16.9 Å². The van der Waals surface area contributed by atoms with Gasteiger partial charge in [-0.1, -0.05) is 6.07 Å². The van der Waals surface area contributed by atoms with E-state index in [0.29, 0.717) is 13.1 Å². The predicted molar refractivity (Wildman–Crippen MR) is 83.6 cm³/mol. The van der Waals surface area contributed by atoms with Crippen molar-refractivity contribution in [2.45, 2.75) is 19.4 Å². The van der Waals surface area contributed by atoms with E-state index in [1.54, 1.807) is 0 Å².